The molecule has 5 heteroatoms. The molecule has 0 aromatic heterocycles. The van der Waals surface area contributed by atoms with Gasteiger partial charge in [0.25, 0.3) is 5.91 Å². The zero-order valence-corrected chi connectivity index (χ0v) is 12.7. The molecule has 1 N–H and O–H groups in total. The first-order valence-electron chi connectivity index (χ1n) is 7.43. The van der Waals surface area contributed by atoms with Crippen molar-refractivity contribution in [2.75, 3.05) is 26.8 Å². The number of amides is 1. The minimum Gasteiger partial charge on any atom is -0.507 e. The molecule has 0 spiro atoms. The third kappa shape index (κ3) is 3.88. The fourth-order valence-electron chi connectivity index (χ4n) is 2.53. The van der Waals surface area contributed by atoms with Gasteiger partial charge >= 0.3 is 0 Å². The Hall–Kier alpha value is -1.75. The zero-order valence-electron chi connectivity index (χ0n) is 12.7. The summed E-state index contributed by atoms with van der Waals surface area (Å²) in [4.78, 5) is 14.3. The lowest BCUT2D eigenvalue weighted by molar-refractivity contribution is 0.00202. The highest BCUT2D eigenvalue weighted by Gasteiger charge is 2.26. The van der Waals surface area contributed by atoms with Crippen LogP contribution in [0.25, 0.3) is 0 Å². The highest BCUT2D eigenvalue weighted by atomic mass is 16.5. The van der Waals surface area contributed by atoms with Crippen molar-refractivity contribution >= 4 is 5.91 Å². The third-order valence-corrected chi connectivity index (χ3v) is 3.66. The van der Waals surface area contributed by atoms with Crippen molar-refractivity contribution in [2.24, 2.45) is 0 Å². The number of aromatic hydroxyl groups is 1. The maximum atomic E-state index is 12.5. The van der Waals surface area contributed by atoms with Crippen molar-refractivity contribution in [3.63, 3.8) is 0 Å². The summed E-state index contributed by atoms with van der Waals surface area (Å²) in [7, 11) is 1.52. The smallest absolute Gasteiger partial charge is 0.257 e. The van der Waals surface area contributed by atoms with E-state index in [1.54, 1.807) is 17.0 Å². The number of carbonyl (C=O) groups is 1. The summed E-state index contributed by atoms with van der Waals surface area (Å²) < 4.78 is 10.8. The molecule has 21 heavy (non-hydrogen) atoms. The molecule has 1 fully saturated rings. The molecule has 1 atom stereocenters. The number of ether oxygens (including phenoxy) is 2. The van der Waals surface area contributed by atoms with Crippen LogP contribution in [-0.2, 0) is 4.74 Å². The predicted molar refractivity (Wildman–Crippen MR) is 79.8 cm³/mol. The van der Waals surface area contributed by atoms with Crippen LogP contribution in [0.2, 0.25) is 0 Å². The zero-order chi connectivity index (χ0) is 15.2. The normalized spacial score (nSPS) is 18.6. The largest absolute Gasteiger partial charge is 0.507 e. The number of methoxy groups -OCH3 is 1. The molecule has 0 radical (unpaired) electrons. The van der Waals surface area contributed by atoms with E-state index in [0.29, 0.717) is 24.4 Å². The second-order valence-corrected chi connectivity index (χ2v) is 5.27. The Kier molecular flexibility index (Phi) is 5.44. The molecule has 0 bridgehead atoms. The summed E-state index contributed by atoms with van der Waals surface area (Å²) in [5.74, 6) is 0.336. The summed E-state index contributed by atoms with van der Waals surface area (Å²) in [6.07, 6.45) is 2.99. The molecule has 1 aliphatic heterocycles. The molecular formula is C16H23NO4. The van der Waals surface area contributed by atoms with Gasteiger partial charge in [-0.2, -0.15) is 0 Å². The number of rotatable bonds is 5. The van der Waals surface area contributed by atoms with Crippen molar-refractivity contribution < 1.29 is 19.4 Å². The lowest BCUT2D eigenvalue weighted by atomic mass is 10.1. The van der Waals surface area contributed by atoms with Crippen molar-refractivity contribution in [1.82, 2.24) is 4.90 Å². The van der Waals surface area contributed by atoms with E-state index in [0.717, 1.165) is 25.9 Å². The highest BCUT2D eigenvalue weighted by Crippen LogP contribution is 2.26. The Labute approximate surface area is 125 Å². The van der Waals surface area contributed by atoms with E-state index in [2.05, 4.69) is 6.92 Å². The molecule has 116 valence electrons. The van der Waals surface area contributed by atoms with Gasteiger partial charge in [0, 0.05) is 25.8 Å². The molecule has 1 aliphatic rings. The molecule has 1 aromatic rings. The van der Waals surface area contributed by atoms with Crippen molar-refractivity contribution in [3.8, 4) is 11.5 Å². The van der Waals surface area contributed by atoms with Gasteiger partial charge in [0.2, 0.25) is 0 Å². The third-order valence-electron chi connectivity index (χ3n) is 3.66. The van der Waals surface area contributed by atoms with Gasteiger partial charge in [-0.1, -0.05) is 6.92 Å². The number of piperidine rings is 1. The number of phenolic OH excluding ortho intramolecular Hbond substituents is 1. The van der Waals surface area contributed by atoms with Crippen molar-refractivity contribution in [1.29, 1.82) is 0 Å². The summed E-state index contributed by atoms with van der Waals surface area (Å²) in [6, 6.07) is 4.75. The van der Waals surface area contributed by atoms with Crippen LogP contribution in [-0.4, -0.2) is 48.8 Å². The van der Waals surface area contributed by atoms with Gasteiger partial charge in [0.1, 0.15) is 11.5 Å². The van der Waals surface area contributed by atoms with E-state index in [1.165, 1.54) is 13.2 Å². The molecule has 5 nitrogen and oxygen atoms in total. The fourth-order valence-corrected chi connectivity index (χ4v) is 2.53. The topological polar surface area (TPSA) is 59.0 Å². The van der Waals surface area contributed by atoms with Gasteiger partial charge in [0.15, 0.2) is 0 Å². The Bertz CT molecular complexity index is 489. The quantitative estimate of drug-likeness (QED) is 0.906. The van der Waals surface area contributed by atoms with Crippen LogP contribution in [0.15, 0.2) is 18.2 Å². The lowest BCUT2D eigenvalue weighted by Crippen LogP contribution is -2.43. The lowest BCUT2D eigenvalue weighted by Gasteiger charge is -2.32. The first-order chi connectivity index (χ1) is 10.2. The highest BCUT2D eigenvalue weighted by molar-refractivity contribution is 5.97. The minimum atomic E-state index is -0.153. The number of carbonyl (C=O) groups excluding carboxylic acids is 1. The summed E-state index contributed by atoms with van der Waals surface area (Å²) in [5.41, 5.74) is 0.312. The maximum Gasteiger partial charge on any atom is 0.257 e. The van der Waals surface area contributed by atoms with E-state index in [9.17, 15) is 9.90 Å². The van der Waals surface area contributed by atoms with E-state index >= 15 is 0 Å². The summed E-state index contributed by atoms with van der Waals surface area (Å²) >= 11 is 0. The Morgan fingerprint density at radius 1 is 1.48 bits per heavy atom. The number of benzene rings is 1. The predicted octanol–water partition coefficient (Wildman–Crippen LogP) is 2.43. The van der Waals surface area contributed by atoms with Gasteiger partial charge in [-0.3, -0.25) is 4.79 Å². The average molecular weight is 293 g/mol. The van der Waals surface area contributed by atoms with E-state index in [1.807, 2.05) is 0 Å². The fraction of sp³-hybridized carbons (Fsp3) is 0.562. The van der Waals surface area contributed by atoms with Crippen LogP contribution in [0, 0.1) is 0 Å². The van der Waals surface area contributed by atoms with Crippen LogP contribution in [0.4, 0.5) is 0 Å². The van der Waals surface area contributed by atoms with Gasteiger partial charge in [-0.15, -0.1) is 0 Å². The summed E-state index contributed by atoms with van der Waals surface area (Å²) in [6.45, 7) is 4.09. The second kappa shape index (κ2) is 7.31. The van der Waals surface area contributed by atoms with Crippen LogP contribution in [0.5, 0.6) is 11.5 Å². The SMILES string of the molecule is CCCOC1CCCN(C(=O)c2ccc(OC)cc2O)C1. The molecule has 0 aliphatic carbocycles. The second-order valence-electron chi connectivity index (χ2n) is 5.27. The van der Waals surface area contributed by atoms with Gasteiger partial charge < -0.3 is 19.5 Å². The average Bonchev–Trinajstić information content (AvgIpc) is 2.52. The number of hydrogen-bond donors (Lipinski definition) is 1. The van der Waals surface area contributed by atoms with Gasteiger partial charge in [-0.05, 0) is 31.4 Å². The van der Waals surface area contributed by atoms with E-state index < -0.39 is 0 Å². The van der Waals surface area contributed by atoms with Gasteiger partial charge in [-0.25, -0.2) is 0 Å². The molecule has 1 saturated heterocycles. The summed E-state index contributed by atoms with van der Waals surface area (Å²) in [5, 5.41) is 9.97. The Balaban J connectivity index is 2.05. The van der Waals surface area contributed by atoms with Crippen LogP contribution in [0.3, 0.4) is 0 Å². The first kappa shape index (κ1) is 15.6. The molecule has 1 amide bonds. The number of phenols is 1. The maximum absolute atomic E-state index is 12.5. The van der Waals surface area contributed by atoms with E-state index in [4.69, 9.17) is 9.47 Å². The van der Waals surface area contributed by atoms with Crippen molar-refractivity contribution in [2.45, 2.75) is 32.3 Å². The minimum absolute atomic E-state index is 0.0454. The Morgan fingerprint density at radius 3 is 2.95 bits per heavy atom. The molecular weight excluding hydrogens is 270 g/mol. The molecule has 2 rings (SSSR count). The molecule has 0 saturated carbocycles. The number of likely N-dealkylation sites (tertiary alicyclic amines) is 1. The van der Waals surface area contributed by atoms with Crippen LogP contribution in [0.1, 0.15) is 36.5 Å². The van der Waals surface area contributed by atoms with E-state index in [-0.39, 0.29) is 17.8 Å². The molecule has 1 unspecified atom stereocenters. The monoisotopic (exact) mass is 293 g/mol. The Morgan fingerprint density at radius 2 is 2.29 bits per heavy atom. The number of nitrogens with zero attached hydrogens (tertiary/aromatic N) is 1. The van der Waals surface area contributed by atoms with Crippen LogP contribution >= 0.6 is 0 Å². The first-order valence-corrected chi connectivity index (χ1v) is 7.43. The van der Waals surface area contributed by atoms with Crippen LogP contribution < -0.4 is 4.74 Å². The standard InChI is InChI=1S/C16H23NO4/c1-3-9-21-13-5-4-8-17(11-13)16(19)14-7-6-12(20-2)10-15(14)18/h6-7,10,13,18H,3-5,8-9,11H2,1-2H3. The number of hydrogen-bond acceptors (Lipinski definition) is 4. The molecule has 1 aromatic carbocycles. The van der Waals surface area contributed by atoms with Crippen molar-refractivity contribution in [3.05, 3.63) is 23.8 Å². The molecule has 1 heterocycles. The van der Waals surface area contributed by atoms with Gasteiger partial charge in [0.05, 0.1) is 18.8 Å².